The van der Waals surface area contributed by atoms with Crippen molar-refractivity contribution >= 4 is 17.4 Å². The molecule has 0 aliphatic rings. The second kappa shape index (κ2) is 10.0. The largest absolute Gasteiger partial charge is 0.416 e. The molecule has 6 nitrogen and oxygen atoms in total. The lowest BCUT2D eigenvalue weighted by Gasteiger charge is -2.11. The van der Waals surface area contributed by atoms with Crippen molar-refractivity contribution in [2.45, 2.75) is 26.6 Å². The molecule has 2 aromatic heterocycles. The fourth-order valence-corrected chi connectivity index (χ4v) is 3.63. The highest BCUT2D eigenvalue weighted by Gasteiger charge is 2.30. The summed E-state index contributed by atoms with van der Waals surface area (Å²) in [6.07, 6.45) is 1.02. The summed E-state index contributed by atoms with van der Waals surface area (Å²) in [6, 6.07) is 14.8. The summed E-state index contributed by atoms with van der Waals surface area (Å²) in [6.45, 7) is 4.99. The van der Waals surface area contributed by atoms with Gasteiger partial charge in [-0.05, 0) is 60.0 Å². The normalized spacial score (nSPS) is 11.5. The SMILES string of the molecule is CC(C)Cn1cc(-c2ccncc2)c(-c2cccc(NC(=O)Nc3ccc(C(F)(F)F)cc3)c2)n1. The van der Waals surface area contributed by atoms with Crippen LogP contribution in [0.25, 0.3) is 22.4 Å². The first-order valence-electron chi connectivity index (χ1n) is 11.0. The number of urea groups is 1. The maximum absolute atomic E-state index is 12.7. The molecule has 0 atom stereocenters. The van der Waals surface area contributed by atoms with Gasteiger partial charge in [0.1, 0.15) is 5.69 Å². The van der Waals surface area contributed by atoms with Crippen molar-refractivity contribution in [2.75, 3.05) is 10.6 Å². The van der Waals surface area contributed by atoms with Crippen molar-refractivity contribution in [3.63, 3.8) is 0 Å². The van der Waals surface area contributed by atoms with Gasteiger partial charge in [0.15, 0.2) is 0 Å². The maximum Gasteiger partial charge on any atom is 0.416 e. The van der Waals surface area contributed by atoms with Crippen LogP contribution in [0.3, 0.4) is 0 Å². The molecule has 0 spiro atoms. The molecule has 180 valence electrons. The van der Waals surface area contributed by atoms with E-state index in [-0.39, 0.29) is 5.69 Å². The maximum atomic E-state index is 12.7. The highest BCUT2D eigenvalue weighted by atomic mass is 19.4. The fraction of sp³-hybridized carbons (Fsp3) is 0.192. The molecule has 0 fully saturated rings. The molecule has 4 rings (SSSR count). The minimum Gasteiger partial charge on any atom is -0.308 e. The molecule has 2 heterocycles. The fourth-order valence-electron chi connectivity index (χ4n) is 3.63. The first-order chi connectivity index (χ1) is 16.7. The lowest BCUT2D eigenvalue weighted by Crippen LogP contribution is -2.19. The standard InChI is InChI=1S/C26H24F3N5O/c1-17(2)15-34-16-23(18-10-12-30-13-11-18)24(33-34)19-4-3-5-22(14-19)32-25(35)31-21-8-6-20(7-9-21)26(27,28)29/h3-14,16-17H,15H2,1-2H3,(H2,31,32,35). The molecule has 0 aliphatic carbocycles. The van der Waals surface area contributed by atoms with E-state index in [4.69, 9.17) is 5.10 Å². The van der Waals surface area contributed by atoms with Crippen LogP contribution < -0.4 is 10.6 Å². The number of anilines is 2. The highest BCUT2D eigenvalue weighted by Crippen LogP contribution is 2.33. The van der Waals surface area contributed by atoms with E-state index in [1.54, 1.807) is 30.6 Å². The van der Waals surface area contributed by atoms with Gasteiger partial charge in [0.05, 0.1) is 5.56 Å². The average Bonchev–Trinajstić information content (AvgIpc) is 3.23. The van der Waals surface area contributed by atoms with Gasteiger partial charge in [-0.25, -0.2) is 4.79 Å². The number of halogens is 3. The van der Waals surface area contributed by atoms with E-state index in [2.05, 4.69) is 29.5 Å². The molecule has 0 saturated heterocycles. The molecule has 35 heavy (non-hydrogen) atoms. The summed E-state index contributed by atoms with van der Waals surface area (Å²) in [5, 5.41) is 10.1. The van der Waals surface area contributed by atoms with Crippen molar-refractivity contribution in [1.29, 1.82) is 0 Å². The van der Waals surface area contributed by atoms with Crippen LogP contribution >= 0.6 is 0 Å². The third kappa shape index (κ3) is 6.06. The molecule has 9 heteroatoms. The second-order valence-corrected chi connectivity index (χ2v) is 8.48. The summed E-state index contributed by atoms with van der Waals surface area (Å²) in [5.74, 6) is 0.412. The van der Waals surface area contributed by atoms with Gasteiger partial charge < -0.3 is 10.6 Å². The molecule has 0 bridgehead atoms. The van der Waals surface area contributed by atoms with Gasteiger partial charge in [-0.2, -0.15) is 18.3 Å². The minimum absolute atomic E-state index is 0.249. The average molecular weight is 480 g/mol. The molecule has 0 unspecified atom stereocenters. The number of alkyl halides is 3. The molecule has 2 N–H and O–H groups in total. The van der Waals surface area contributed by atoms with E-state index in [0.717, 1.165) is 41.1 Å². The Morgan fingerprint density at radius 2 is 1.63 bits per heavy atom. The summed E-state index contributed by atoms with van der Waals surface area (Å²) in [5.41, 5.74) is 3.49. The Morgan fingerprint density at radius 3 is 2.29 bits per heavy atom. The molecule has 0 radical (unpaired) electrons. The van der Waals surface area contributed by atoms with Gasteiger partial charge in [-0.1, -0.05) is 26.0 Å². The Hall–Kier alpha value is -4.14. The molecular formula is C26H24F3N5O. The molecule has 2 aromatic carbocycles. The number of benzene rings is 2. The van der Waals surface area contributed by atoms with Gasteiger partial charge in [0, 0.05) is 47.6 Å². The third-order valence-electron chi connectivity index (χ3n) is 5.17. The smallest absolute Gasteiger partial charge is 0.308 e. The molecule has 0 saturated carbocycles. The summed E-state index contributed by atoms with van der Waals surface area (Å²) in [4.78, 5) is 16.5. The van der Waals surface area contributed by atoms with Crippen LogP contribution in [0.5, 0.6) is 0 Å². The summed E-state index contributed by atoms with van der Waals surface area (Å²) < 4.78 is 40.1. The van der Waals surface area contributed by atoms with Gasteiger partial charge in [0.2, 0.25) is 0 Å². The van der Waals surface area contributed by atoms with E-state index < -0.39 is 17.8 Å². The van der Waals surface area contributed by atoms with Crippen molar-refractivity contribution in [1.82, 2.24) is 14.8 Å². The summed E-state index contributed by atoms with van der Waals surface area (Å²) in [7, 11) is 0. The first kappa shape index (κ1) is 24.0. The lowest BCUT2D eigenvalue weighted by atomic mass is 10.0. The number of hydrogen-bond donors (Lipinski definition) is 2. The zero-order chi connectivity index (χ0) is 25.0. The van der Waals surface area contributed by atoms with Gasteiger partial charge in [0.25, 0.3) is 0 Å². The number of amides is 2. The molecule has 0 aliphatic heterocycles. The predicted molar refractivity (Wildman–Crippen MR) is 130 cm³/mol. The Bertz CT molecular complexity index is 1300. The number of nitrogens with one attached hydrogen (secondary N) is 2. The van der Waals surface area contributed by atoms with Crippen LogP contribution in [0.1, 0.15) is 19.4 Å². The Morgan fingerprint density at radius 1 is 0.943 bits per heavy atom. The Kier molecular flexibility index (Phi) is 6.86. The van der Waals surface area contributed by atoms with Crippen LogP contribution in [0.4, 0.5) is 29.3 Å². The van der Waals surface area contributed by atoms with E-state index in [9.17, 15) is 18.0 Å². The van der Waals surface area contributed by atoms with Crippen LogP contribution in [0.2, 0.25) is 0 Å². The zero-order valence-corrected chi connectivity index (χ0v) is 19.2. The predicted octanol–water partition coefficient (Wildman–Crippen LogP) is 6.93. The first-order valence-corrected chi connectivity index (χ1v) is 11.0. The Labute approximate surface area is 200 Å². The zero-order valence-electron chi connectivity index (χ0n) is 19.2. The van der Waals surface area contributed by atoms with E-state index in [1.165, 1.54) is 12.1 Å². The van der Waals surface area contributed by atoms with Gasteiger partial charge >= 0.3 is 12.2 Å². The lowest BCUT2D eigenvalue weighted by molar-refractivity contribution is -0.137. The second-order valence-electron chi connectivity index (χ2n) is 8.48. The number of nitrogens with zero attached hydrogens (tertiary/aromatic N) is 3. The van der Waals surface area contributed by atoms with Crippen molar-refractivity contribution in [3.05, 3.63) is 84.8 Å². The van der Waals surface area contributed by atoms with E-state index >= 15 is 0 Å². The number of aromatic nitrogens is 3. The van der Waals surface area contributed by atoms with Crippen LogP contribution in [0.15, 0.2) is 79.3 Å². The molecule has 2 amide bonds. The van der Waals surface area contributed by atoms with Crippen molar-refractivity contribution in [3.8, 4) is 22.4 Å². The number of rotatable bonds is 6. The quantitative estimate of drug-likeness (QED) is 0.315. The van der Waals surface area contributed by atoms with E-state index in [1.807, 2.05) is 29.1 Å². The third-order valence-corrected chi connectivity index (χ3v) is 5.17. The van der Waals surface area contributed by atoms with Crippen molar-refractivity contribution in [2.24, 2.45) is 5.92 Å². The van der Waals surface area contributed by atoms with Gasteiger partial charge in [-0.15, -0.1) is 0 Å². The molecular weight excluding hydrogens is 455 g/mol. The number of hydrogen-bond acceptors (Lipinski definition) is 3. The van der Waals surface area contributed by atoms with Crippen molar-refractivity contribution < 1.29 is 18.0 Å². The van der Waals surface area contributed by atoms with E-state index in [0.29, 0.717) is 11.6 Å². The number of pyridine rings is 1. The van der Waals surface area contributed by atoms with Gasteiger partial charge in [-0.3, -0.25) is 9.67 Å². The van der Waals surface area contributed by atoms with Crippen LogP contribution in [0, 0.1) is 5.92 Å². The van der Waals surface area contributed by atoms with Crippen LogP contribution in [-0.4, -0.2) is 20.8 Å². The highest BCUT2D eigenvalue weighted by molar-refractivity contribution is 6.00. The Balaban J connectivity index is 1.55. The number of carbonyl (C=O) groups is 1. The number of carbonyl (C=O) groups excluding carboxylic acids is 1. The molecule has 4 aromatic rings. The topological polar surface area (TPSA) is 71.8 Å². The van der Waals surface area contributed by atoms with Crippen LogP contribution in [-0.2, 0) is 12.7 Å². The monoisotopic (exact) mass is 479 g/mol. The minimum atomic E-state index is -4.43. The summed E-state index contributed by atoms with van der Waals surface area (Å²) >= 11 is 0.